The largest absolute Gasteiger partial charge is 0.468 e. The highest BCUT2D eigenvalue weighted by Crippen LogP contribution is 2.29. The summed E-state index contributed by atoms with van der Waals surface area (Å²) < 4.78 is 41.1. The van der Waals surface area contributed by atoms with Gasteiger partial charge in [-0.1, -0.05) is 34.7 Å². The van der Waals surface area contributed by atoms with Crippen LogP contribution in [0.15, 0.2) is 24.3 Å². The van der Waals surface area contributed by atoms with E-state index in [9.17, 15) is 22.8 Å². The van der Waals surface area contributed by atoms with Crippen molar-refractivity contribution in [2.45, 2.75) is 16.5 Å². The van der Waals surface area contributed by atoms with E-state index in [1.165, 1.54) is 19.2 Å². The zero-order valence-electron chi connectivity index (χ0n) is 11.0. The minimum Gasteiger partial charge on any atom is -0.468 e. The fraction of sp³-hybridized carbons (Fsp3) is 0.385. The van der Waals surface area contributed by atoms with Gasteiger partial charge in [0, 0.05) is 6.54 Å². The van der Waals surface area contributed by atoms with Gasteiger partial charge in [0.25, 0.3) is 0 Å². The van der Waals surface area contributed by atoms with Crippen LogP contribution in [0.1, 0.15) is 11.1 Å². The zero-order valence-corrected chi connectivity index (χ0v) is 13.2. The molecule has 0 heterocycles. The Morgan fingerprint density at radius 2 is 1.86 bits per heavy atom. The van der Waals surface area contributed by atoms with Crippen molar-refractivity contribution in [3.8, 4) is 0 Å². The van der Waals surface area contributed by atoms with Gasteiger partial charge in [-0.05, 0) is 17.7 Å². The lowest BCUT2D eigenvalue weighted by Crippen LogP contribution is -2.34. The molecule has 0 fully saturated rings. The second-order valence-electron chi connectivity index (χ2n) is 4.17. The molecule has 0 saturated heterocycles. The third-order valence-electron chi connectivity index (χ3n) is 2.58. The van der Waals surface area contributed by atoms with E-state index in [4.69, 9.17) is 0 Å². The molecule has 116 valence electrons. The minimum atomic E-state index is -4.39. The van der Waals surface area contributed by atoms with E-state index >= 15 is 0 Å². The Hall–Kier alpha value is -1.32. The van der Waals surface area contributed by atoms with Crippen molar-refractivity contribution < 1.29 is 27.5 Å². The van der Waals surface area contributed by atoms with Crippen LogP contribution < -0.4 is 5.32 Å². The van der Waals surface area contributed by atoms with Crippen LogP contribution in [-0.4, -0.2) is 29.5 Å². The van der Waals surface area contributed by atoms with Gasteiger partial charge in [-0.2, -0.15) is 13.2 Å². The third-order valence-corrected chi connectivity index (χ3v) is 3.53. The molecule has 1 aromatic rings. The van der Waals surface area contributed by atoms with Gasteiger partial charge < -0.3 is 10.1 Å². The molecule has 1 amide bonds. The molecule has 0 bridgehead atoms. The highest BCUT2D eigenvalue weighted by atomic mass is 127. The number of hydrogen-bond acceptors (Lipinski definition) is 3. The Balaban J connectivity index is 2.50. The lowest BCUT2D eigenvalue weighted by Gasteiger charge is -2.10. The van der Waals surface area contributed by atoms with Gasteiger partial charge in [-0.25, -0.2) is 0 Å². The molecule has 0 spiro atoms. The van der Waals surface area contributed by atoms with E-state index in [-0.39, 0.29) is 18.9 Å². The van der Waals surface area contributed by atoms with Gasteiger partial charge in [0.15, 0.2) is 0 Å². The van der Waals surface area contributed by atoms with Crippen LogP contribution in [0.2, 0.25) is 0 Å². The summed E-state index contributed by atoms with van der Waals surface area (Å²) in [6.07, 6.45) is -4.45. The van der Waals surface area contributed by atoms with E-state index in [1.807, 2.05) is 22.6 Å². The van der Waals surface area contributed by atoms with Gasteiger partial charge in [0.1, 0.15) is 3.92 Å². The molecule has 1 aromatic carbocycles. The van der Waals surface area contributed by atoms with Crippen molar-refractivity contribution in [3.05, 3.63) is 35.4 Å². The van der Waals surface area contributed by atoms with E-state index in [1.54, 1.807) is 0 Å². The lowest BCUT2D eigenvalue weighted by molar-refractivity contribution is -0.139. The fourth-order valence-corrected chi connectivity index (χ4v) is 1.95. The van der Waals surface area contributed by atoms with E-state index in [2.05, 4.69) is 10.1 Å². The maximum Gasteiger partial charge on any atom is 0.416 e. The Kier molecular flexibility index (Phi) is 6.43. The highest BCUT2D eigenvalue weighted by molar-refractivity contribution is 14.1. The maximum absolute atomic E-state index is 12.4. The van der Waals surface area contributed by atoms with Gasteiger partial charge in [0.05, 0.1) is 19.1 Å². The van der Waals surface area contributed by atoms with Crippen molar-refractivity contribution in [1.29, 1.82) is 0 Å². The number of carbonyl (C=O) groups excluding carboxylic acids is 2. The van der Waals surface area contributed by atoms with Crippen molar-refractivity contribution >= 4 is 34.5 Å². The number of nitrogens with one attached hydrogen (secondary N) is 1. The fourth-order valence-electron chi connectivity index (χ4n) is 1.47. The van der Waals surface area contributed by atoms with Crippen LogP contribution in [-0.2, 0) is 26.9 Å². The normalized spacial score (nSPS) is 12.6. The van der Waals surface area contributed by atoms with Crippen molar-refractivity contribution in [3.63, 3.8) is 0 Å². The number of alkyl halides is 4. The molecule has 21 heavy (non-hydrogen) atoms. The summed E-state index contributed by atoms with van der Waals surface area (Å²) in [6.45, 7) is 0.104. The van der Waals surface area contributed by atoms with E-state index < -0.39 is 21.6 Å². The summed E-state index contributed by atoms with van der Waals surface area (Å²) in [4.78, 5) is 22.7. The number of methoxy groups -OCH3 is 1. The van der Waals surface area contributed by atoms with Crippen LogP contribution in [0, 0.1) is 0 Å². The molecule has 0 saturated carbocycles. The summed E-state index contributed by atoms with van der Waals surface area (Å²) in [5, 5.41) is 2.52. The predicted molar refractivity (Wildman–Crippen MR) is 78.0 cm³/mol. The number of hydrogen-bond donors (Lipinski definition) is 1. The number of amides is 1. The second-order valence-corrected chi connectivity index (χ2v) is 5.67. The zero-order chi connectivity index (χ0) is 16.0. The predicted octanol–water partition coefficient (Wildman–Crippen LogP) is 2.34. The first-order valence-corrected chi connectivity index (χ1v) is 7.13. The molecule has 0 aliphatic heterocycles. The first-order chi connectivity index (χ1) is 9.74. The van der Waals surface area contributed by atoms with Crippen LogP contribution in [0.5, 0.6) is 0 Å². The number of carbonyl (C=O) groups is 2. The molecule has 0 aliphatic rings. The lowest BCUT2D eigenvalue weighted by atomic mass is 10.1. The number of rotatable bonds is 5. The van der Waals surface area contributed by atoms with Gasteiger partial charge in [0.2, 0.25) is 5.91 Å². The Bertz CT molecular complexity index is 502. The molecule has 0 radical (unpaired) electrons. The third kappa shape index (κ3) is 5.90. The molecular formula is C13H13F3INO3. The molecule has 4 nitrogen and oxygen atoms in total. The SMILES string of the molecule is COC(=O)C(I)CNC(=O)Cc1ccc(C(F)(F)F)cc1. The Morgan fingerprint density at radius 1 is 1.29 bits per heavy atom. The van der Waals surface area contributed by atoms with Gasteiger partial charge in [-0.3, -0.25) is 9.59 Å². The Morgan fingerprint density at radius 3 is 2.33 bits per heavy atom. The summed E-state index contributed by atoms with van der Waals surface area (Å²) in [6, 6.07) is 4.37. The molecule has 1 N–H and O–H groups in total. The molecule has 8 heteroatoms. The average Bonchev–Trinajstić information content (AvgIpc) is 2.43. The van der Waals surface area contributed by atoms with Crippen molar-refractivity contribution in [2.24, 2.45) is 0 Å². The summed E-state index contributed by atoms with van der Waals surface area (Å²) in [5.41, 5.74) is -0.298. The van der Waals surface area contributed by atoms with Crippen molar-refractivity contribution in [2.75, 3.05) is 13.7 Å². The summed E-state index contributed by atoms with van der Waals surface area (Å²) in [5.74, 6) is -0.828. The van der Waals surface area contributed by atoms with Crippen molar-refractivity contribution in [1.82, 2.24) is 5.32 Å². The van der Waals surface area contributed by atoms with Crippen LogP contribution in [0.3, 0.4) is 0 Å². The standard InChI is InChI=1S/C13H13F3INO3/c1-21-12(20)10(17)7-18-11(19)6-8-2-4-9(5-3-8)13(14,15)16/h2-5,10H,6-7H2,1H3,(H,18,19). The molecule has 1 atom stereocenters. The molecule has 0 aromatic heterocycles. The molecular weight excluding hydrogens is 402 g/mol. The first-order valence-electron chi connectivity index (χ1n) is 5.88. The van der Waals surface area contributed by atoms with Gasteiger partial charge in [-0.15, -0.1) is 0 Å². The maximum atomic E-state index is 12.4. The average molecular weight is 415 g/mol. The quantitative estimate of drug-likeness (QED) is 0.457. The first kappa shape index (κ1) is 17.7. The van der Waals surface area contributed by atoms with Crippen LogP contribution in [0.4, 0.5) is 13.2 Å². The van der Waals surface area contributed by atoms with E-state index in [0.29, 0.717) is 5.56 Å². The minimum absolute atomic E-state index is 0.0529. The monoisotopic (exact) mass is 415 g/mol. The molecule has 1 rings (SSSR count). The summed E-state index contributed by atoms with van der Waals surface area (Å²) >= 11 is 1.83. The number of ether oxygens (including phenoxy) is 1. The number of halogens is 4. The Labute approximate surface area is 133 Å². The topological polar surface area (TPSA) is 55.4 Å². The smallest absolute Gasteiger partial charge is 0.416 e. The van der Waals surface area contributed by atoms with E-state index in [0.717, 1.165) is 12.1 Å². The number of esters is 1. The summed E-state index contributed by atoms with van der Waals surface area (Å²) in [7, 11) is 1.25. The highest BCUT2D eigenvalue weighted by Gasteiger charge is 2.29. The van der Waals surface area contributed by atoms with Crippen LogP contribution in [0.25, 0.3) is 0 Å². The number of benzene rings is 1. The van der Waals surface area contributed by atoms with Gasteiger partial charge >= 0.3 is 12.1 Å². The molecule has 0 aliphatic carbocycles. The molecule has 1 unspecified atom stereocenters. The van der Waals surface area contributed by atoms with Crippen LogP contribution >= 0.6 is 22.6 Å². The second kappa shape index (κ2) is 7.62.